The molecule has 4 N–H and O–H groups in total. The molecule has 1 saturated carbocycles. The van der Waals surface area contributed by atoms with Crippen molar-refractivity contribution in [2.45, 2.75) is 38.6 Å². The second-order valence-corrected chi connectivity index (χ2v) is 3.93. The van der Waals surface area contributed by atoms with Crippen LogP contribution in [-0.2, 0) is 0 Å². The molecule has 3 atom stereocenters. The number of rotatable bonds is 2. The fourth-order valence-electron chi connectivity index (χ4n) is 2.06. The third kappa shape index (κ3) is 2.46. The van der Waals surface area contributed by atoms with Gasteiger partial charge in [-0.25, -0.2) is 0 Å². The van der Waals surface area contributed by atoms with Crippen molar-refractivity contribution in [1.29, 1.82) is 0 Å². The lowest BCUT2D eigenvalue weighted by molar-refractivity contribution is 0.249. The van der Waals surface area contributed by atoms with Gasteiger partial charge < -0.3 is 11.5 Å². The van der Waals surface area contributed by atoms with Gasteiger partial charge in [-0.15, -0.1) is 0 Å². The smallest absolute Gasteiger partial charge is 0.0191 e. The summed E-state index contributed by atoms with van der Waals surface area (Å²) >= 11 is 0. The molecule has 0 aromatic carbocycles. The second-order valence-electron chi connectivity index (χ2n) is 3.93. The molecule has 1 aliphatic rings. The third-order valence-electron chi connectivity index (χ3n) is 2.85. The van der Waals surface area contributed by atoms with Gasteiger partial charge in [0.2, 0.25) is 0 Å². The van der Waals surface area contributed by atoms with Crippen LogP contribution in [0.5, 0.6) is 0 Å². The van der Waals surface area contributed by atoms with Crippen molar-refractivity contribution >= 4 is 0 Å². The predicted molar refractivity (Wildman–Crippen MR) is 48.2 cm³/mol. The number of hydrogen-bond donors (Lipinski definition) is 2. The topological polar surface area (TPSA) is 52.0 Å². The van der Waals surface area contributed by atoms with Gasteiger partial charge in [0.05, 0.1) is 0 Å². The van der Waals surface area contributed by atoms with Crippen molar-refractivity contribution in [2.75, 3.05) is 6.54 Å². The molecule has 0 amide bonds. The summed E-state index contributed by atoms with van der Waals surface area (Å²) in [5.41, 5.74) is 11.4. The molecule has 66 valence electrons. The van der Waals surface area contributed by atoms with E-state index in [0.29, 0.717) is 12.5 Å². The van der Waals surface area contributed by atoms with Gasteiger partial charge in [0.25, 0.3) is 0 Å². The van der Waals surface area contributed by atoms with E-state index in [1.54, 1.807) is 0 Å². The summed E-state index contributed by atoms with van der Waals surface area (Å²) in [5.74, 6) is 1.56. The molecule has 2 nitrogen and oxygen atoms in total. The van der Waals surface area contributed by atoms with Crippen molar-refractivity contribution in [3.63, 3.8) is 0 Å². The van der Waals surface area contributed by atoms with Crippen LogP contribution in [0.1, 0.15) is 32.6 Å². The van der Waals surface area contributed by atoms with Crippen LogP contribution in [0.3, 0.4) is 0 Å². The predicted octanol–water partition coefficient (Wildman–Crippen LogP) is 1.10. The van der Waals surface area contributed by atoms with Gasteiger partial charge in [0.1, 0.15) is 0 Å². The number of nitrogens with two attached hydrogens (primary N) is 2. The van der Waals surface area contributed by atoms with E-state index >= 15 is 0 Å². The first kappa shape index (κ1) is 9.01. The van der Waals surface area contributed by atoms with Crippen LogP contribution in [0, 0.1) is 11.8 Å². The summed E-state index contributed by atoms with van der Waals surface area (Å²) in [6, 6.07) is 0.248. The number of hydrogen-bond acceptors (Lipinski definition) is 2. The average molecular weight is 156 g/mol. The van der Waals surface area contributed by atoms with Crippen LogP contribution in [-0.4, -0.2) is 12.6 Å². The van der Waals surface area contributed by atoms with Gasteiger partial charge in [-0.05, 0) is 24.7 Å². The summed E-state index contributed by atoms with van der Waals surface area (Å²) in [6.07, 6.45) is 5.31. The zero-order chi connectivity index (χ0) is 8.27. The molecular weight excluding hydrogens is 136 g/mol. The van der Waals surface area contributed by atoms with E-state index in [1.165, 1.54) is 25.7 Å². The van der Waals surface area contributed by atoms with Gasteiger partial charge in [-0.1, -0.05) is 19.8 Å². The minimum atomic E-state index is 0.248. The van der Waals surface area contributed by atoms with E-state index in [4.69, 9.17) is 11.5 Å². The van der Waals surface area contributed by atoms with Gasteiger partial charge in [-0.3, -0.25) is 0 Å². The van der Waals surface area contributed by atoms with Crippen LogP contribution in [0.15, 0.2) is 0 Å². The Morgan fingerprint density at radius 2 is 2.18 bits per heavy atom. The normalized spacial score (nSPS) is 35.2. The molecular formula is C9H20N2. The maximum absolute atomic E-state index is 5.88. The summed E-state index contributed by atoms with van der Waals surface area (Å²) in [7, 11) is 0. The molecule has 0 aromatic rings. The SMILES string of the molecule is CC1CCCC(C(N)CN)C1. The molecule has 0 saturated heterocycles. The Balaban J connectivity index is 2.33. The van der Waals surface area contributed by atoms with Crippen molar-refractivity contribution in [3.8, 4) is 0 Å². The Kier molecular flexibility index (Phi) is 3.34. The van der Waals surface area contributed by atoms with Crippen LogP contribution >= 0.6 is 0 Å². The molecule has 1 aliphatic carbocycles. The largest absolute Gasteiger partial charge is 0.329 e. The van der Waals surface area contributed by atoms with E-state index in [0.717, 1.165) is 5.92 Å². The average Bonchev–Trinajstić information content (AvgIpc) is 2.03. The molecule has 0 aromatic heterocycles. The van der Waals surface area contributed by atoms with Crippen molar-refractivity contribution in [3.05, 3.63) is 0 Å². The zero-order valence-corrected chi connectivity index (χ0v) is 7.42. The summed E-state index contributed by atoms with van der Waals surface area (Å²) in [5, 5.41) is 0. The highest BCUT2D eigenvalue weighted by molar-refractivity contribution is 4.79. The summed E-state index contributed by atoms with van der Waals surface area (Å²) in [6.45, 7) is 2.97. The zero-order valence-electron chi connectivity index (χ0n) is 7.42. The summed E-state index contributed by atoms with van der Waals surface area (Å²) < 4.78 is 0. The van der Waals surface area contributed by atoms with Gasteiger partial charge in [-0.2, -0.15) is 0 Å². The highest BCUT2D eigenvalue weighted by Gasteiger charge is 2.22. The van der Waals surface area contributed by atoms with Gasteiger partial charge >= 0.3 is 0 Å². The molecule has 2 heteroatoms. The molecule has 0 bridgehead atoms. The molecule has 1 fully saturated rings. The molecule has 11 heavy (non-hydrogen) atoms. The Morgan fingerprint density at radius 3 is 2.73 bits per heavy atom. The monoisotopic (exact) mass is 156 g/mol. The van der Waals surface area contributed by atoms with Crippen LogP contribution in [0.2, 0.25) is 0 Å². The highest BCUT2D eigenvalue weighted by Crippen LogP contribution is 2.29. The maximum Gasteiger partial charge on any atom is 0.0191 e. The quantitative estimate of drug-likeness (QED) is 0.629. The standard InChI is InChI=1S/C9H20N2/c1-7-3-2-4-8(5-7)9(11)6-10/h7-9H,2-6,10-11H2,1H3. The molecule has 1 rings (SSSR count). The third-order valence-corrected chi connectivity index (χ3v) is 2.85. The lowest BCUT2D eigenvalue weighted by atomic mass is 9.79. The maximum atomic E-state index is 5.88. The van der Waals surface area contributed by atoms with Crippen LogP contribution < -0.4 is 11.5 Å². The summed E-state index contributed by atoms with van der Waals surface area (Å²) in [4.78, 5) is 0. The Labute approximate surface area is 69.3 Å². The second kappa shape index (κ2) is 4.07. The minimum Gasteiger partial charge on any atom is -0.329 e. The Morgan fingerprint density at radius 1 is 1.45 bits per heavy atom. The highest BCUT2D eigenvalue weighted by atomic mass is 14.7. The molecule has 3 unspecified atom stereocenters. The Bertz CT molecular complexity index is 114. The fraction of sp³-hybridized carbons (Fsp3) is 1.00. The first-order valence-corrected chi connectivity index (χ1v) is 4.69. The lowest BCUT2D eigenvalue weighted by Gasteiger charge is -2.30. The van der Waals surface area contributed by atoms with E-state index in [1.807, 2.05) is 0 Å². The van der Waals surface area contributed by atoms with E-state index in [9.17, 15) is 0 Å². The van der Waals surface area contributed by atoms with E-state index in [-0.39, 0.29) is 6.04 Å². The lowest BCUT2D eigenvalue weighted by Crippen LogP contribution is -2.39. The molecule has 0 spiro atoms. The van der Waals surface area contributed by atoms with E-state index < -0.39 is 0 Å². The molecule has 0 aliphatic heterocycles. The fourth-order valence-corrected chi connectivity index (χ4v) is 2.06. The minimum absolute atomic E-state index is 0.248. The van der Waals surface area contributed by atoms with E-state index in [2.05, 4.69) is 6.92 Å². The van der Waals surface area contributed by atoms with Crippen molar-refractivity contribution in [2.24, 2.45) is 23.3 Å². The van der Waals surface area contributed by atoms with Crippen LogP contribution in [0.4, 0.5) is 0 Å². The van der Waals surface area contributed by atoms with Crippen molar-refractivity contribution < 1.29 is 0 Å². The first-order valence-electron chi connectivity index (χ1n) is 4.69. The van der Waals surface area contributed by atoms with Gasteiger partial charge in [0, 0.05) is 12.6 Å². The van der Waals surface area contributed by atoms with Crippen molar-refractivity contribution in [1.82, 2.24) is 0 Å². The molecule has 0 radical (unpaired) electrons. The first-order chi connectivity index (χ1) is 5.24. The molecule has 0 heterocycles. The Hall–Kier alpha value is -0.0800. The van der Waals surface area contributed by atoms with Gasteiger partial charge in [0.15, 0.2) is 0 Å². The van der Waals surface area contributed by atoms with Crippen LogP contribution in [0.25, 0.3) is 0 Å².